The standard InChI is InChI=1S/C38H33N2S.C23H34GeN.Ir/c1-23(2)30-21-27(26-13-7-6-8-14-26)22-31(24(3)4)36(30)40-33-17-11-10-16-32(33)39-38(40)29-20-19-25(5)35-28-15-9-12-18-34(28)41-37(29)35;1-22(2,3)15-18-14-21(25-16-20(18)24(7,8)9)17-11-10-12-19(13-17)23(4,5)6;/h6-19,21-24H,1-5H3;10,12-14,16H,15H2,1-9H3;/q2*-1;/i;15D2;. The molecule has 0 bridgehead atoms. The number of aryl methyl sites for hydroxylation is 1. The second-order valence-corrected chi connectivity index (χ2v) is 33.2. The SMILES string of the molecule is Cc1c[c-]c(-c2nc3ccccc3n2-c2c(C(C)C)cc(-c3ccccc3)cc2C(C)C)c2sc3ccccc3c12.[2H]C([2H])(c1cc(-c2[c-]ccc(C(C)(C)C)c2)nc[c]1[Ge]([CH3])([CH3])[CH3])C(C)(C)C.[Ir]. The van der Waals surface area contributed by atoms with Crippen LogP contribution in [0, 0.1) is 24.5 Å². The van der Waals surface area contributed by atoms with E-state index >= 15 is 0 Å². The second kappa shape index (κ2) is 19.8. The molecule has 0 unspecified atom stereocenters. The molecule has 1 radical (unpaired) electrons. The number of nitrogens with zero attached hydrogens (tertiary/aromatic N) is 3. The van der Waals surface area contributed by atoms with E-state index in [1.165, 1.54) is 59.2 Å². The van der Waals surface area contributed by atoms with Gasteiger partial charge in [0.2, 0.25) is 0 Å². The zero-order valence-corrected chi connectivity index (χ0v) is 47.2. The Hall–Kier alpha value is -4.65. The van der Waals surface area contributed by atoms with Gasteiger partial charge in [-0.1, -0.05) is 106 Å². The van der Waals surface area contributed by atoms with E-state index in [2.05, 4.69) is 199 Å². The van der Waals surface area contributed by atoms with Crippen LogP contribution in [0.4, 0.5) is 0 Å². The summed E-state index contributed by atoms with van der Waals surface area (Å²) in [6, 6.07) is 50.1. The van der Waals surface area contributed by atoms with Gasteiger partial charge >= 0.3 is 160 Å². The minimum Gasteiger partial charge on any atom is 0 e. The average molecular weight is 1140 g/mol. The van der Waals surface area contributed by atoms with Crippen LogP contribution in [-0.2, 0) is 31.9 Å². The van der Waals surface area contributed by atoms with Crippen LogP contribution in [0.3, 0.4) is 0 Å². The Morgan fingerprint density at radius 1 is 0.761 bits per heavy atom. The van der Waals surface area contributed by atoms with Crippen molar-refractivity contribution in [3.63, 3.8) is 0 Å². The number of fused-ring (bicyclic) bond motifs is 4. The van der Waals surface area contributed by atoms with Gasteiger partial charge in [-0.05, 0) is 74.5 Å². The molecule has 347 valence electrons. The number of aromatic nitrogens is 3. The fraction of sp³-hybridized carbons (Fsp3) is 0.311. The van der Waals surface area contributed by atoms with Crippen molar-refractivity contribution >= 4 is 60.2 Å². The maximum Gasteiger partial charge on any atom is 0 e. The maximum atomic E-state index is 8.90. The molecule has 0 amide bonds. The Balaban J connectivity index is 0.000000220. The van der Waals surface area contributed by atoms with E-state index in [4.69, 9.17) is 12.7 Å². The van der Waals surface area contributed by atoms with Gasteiger partial charge in [0, 0.05) is 30.5 Å². The number of thiophene rings is 1. The molecular weight excluding hydrogens is 1070 g/mol. The van der Waals surface area contributed by atoms with Crippen molar-refractivity contribution in [3.8, 4) is 39.5 Å². The van der Waals surface area contributed by atoms with Crippen molar-refractivity contribution in [1.82, 2.24) is 14.5 Å². The minimum absolute atomic E-state index is 0. The van der Waals surface area contributed by atoms with Crippen LogP contribution < -0.4 is 4.40 Å². The molecule has 67 heavy (non-hydrogen) atoms. The molecule has 3 aromatic heterocycles. The number of benzene rings is 6. The molecule has 6 heteroatoms. The van der Waals surface area contributed by atoms with Crippen LogP contribution in [0.5, 0.6) is 0 Å². The summed E-state index contributed by atoms with van der Waals surface area (Å²) in [5, 5.41) is 2.62. The van der Waals surface area contributed by atoms with Crippen LogP contribution in [0.2, 0.25) is 17.3 Å². The number of hydrogen-bond acceptors (Lipinski definition) is 3. The number of pyridine rings is 1. The van der Waals surface area contributed by atoms with Crippen molar-refractivity contribution in [3.05, 3.63) is 167 Å². The number of rotatable bonds is 8. The largest absolute Gasteiger partial charge is 0 e. The zero-order chi connectivity index (χ0) is 49.1. The molecule has 0 saturated heterocycles. The summed E-state index contributed by atoms with van der Waals surface area (Å²) in [5.41, 5.74) is 14.2. The summed E-state index contributed by atoms with van der Waals surface area (Å²) in [5.74, 6) is 8.50. The third-order valence-corrected chi connectivity index (χ3v) is 17.8. The molecule has 0 aliphatic rings. The first-order valence-corrected chi connectivity index (χ1v) is 31.7. The predicted molar refractivity (Wildman–Crippen MR) is 290 cm³/mol. The minimum atomic E-state index is -2.29. The second-order valence-electron chi connectivity index (χ2n) is 21.6. The van der Waals surface area contributed by atoms with Gasteiger partial charge in [-0.2, -0.15) is 11.3 Å². The van der Waals surface area contributed by atoms with E-state index in [1.54, 1.807) is 0 Å². The van der Waals surface area contributed by atoms with Crippen LogP contribution in [0.25, 0.3) is 70.7 Å². The maximum absolute atomic E-state index is 8.90. The molecule has 0 aliphatic carbocycles. The molecule has 6 aromatic carbocycles. The van der Waals surface area contributed by atoms with E-state index in [0.29, 0.717) is 11.8 Å². The van der Waals surface area contributed by atoms with Crippen molar-refractivity contribution in [1.29, 1.82) is 0 Å². The summed E-state index contributed by atoms with van der Waals surface area (Å²) in [7, 11) is 0. The molecule has 0 saturated carbocycles. The van der Waals surface area contributed by atoms with Gasteiger partial charge in [-0.3, -0.25) is 4.98 Å². The van der Waals surface area contributed by atoms with Crippen molar-refractivity contribution in [2.75, 3.05) is 0 Å². The molecule has 9 rings (SSSR count). The summed E-state index contributed by atoms with van der Waals surface area (Å²) < 4.78 is 23.9. The van der Waals surface area contributed by atoms with Crippen LogP contribution >= 0.6 is 11.3 Å². The molecule has 3 heterocycles. The van der Waals surface area contributed by atoms with Gasteiger partial charge in [-0.25, -0.2) is 0 Å². The first-order chi connectivity index (χ1) is 32.0. The van der Waals surface area contributed by atoms with Crippen molar-refractivity contribution < 1.29 is 22.8 Å². The summed E-state index contributed by atoms with van der Waals surface area (Å²) >= 11 is -0.443. The number of imidazole rings is 1. The third kappa shape index (κ3) is 10.7. The fourth-order valence-corrected chi connectivity index (χ4v) is 13.1. The third-order valence-electron chi connectivity index (χ3n) is 12.3. The Kier molecular flexibility index (Phi) is 14.0. The van der Waals surface area contributed by atoms with Gasteiger partial charge in [-0.15, -0.1) is 17.7 Å². The average Bonchev–Trinajstić information content (AvgIpc) is 3.88. The van der Waals surface area contributed by atoms with E-state index in [1.807, 2.05) is 50.4 Å². The first kappa shape index (κ1) is 47.4. The Morgan fingerprint density at radius 2 is 1.40 bits per heavy atom. The Labute approximate surface area is 424 Å². The topological polar surface area (TPSA) is 30.7 Å². The summed E-state index contributed by atoms with van der Waals surface area (Å²) in [4.78, 5) is 10.1. The van der Waals surface area contributed by atoms with Crippen molar-refractivity contribution in [2.45, 2.75) is 117 Å². The summed E-state index contributed by atoms with van der Waals surface area (Å²) in [6.45, 7) is 23.9. The first-order valence-electron chi connectivity index (χ1n) is 24.5. The van der Waals surface area contributed by atoms with Gasteiger partial charge < -0.3 is 4.57 Å². The number of para-hydroxylation sites is 2. The van der Waals surface area contributed by atoms with Gasteiger partial charge in [0.15, 0.2) is 0 Å². The molecule has 0 atom stereocenters. The predicted octanol–water partition coefficient (Wildman–Crippen LogP) is 17.1. The summed E-state index contributed by atoms with van der Waals surface area (Å²) in [6.07, 6.45) is 0.506. The smallest absolute Gasteiger partial charge is 0 e. The van der Waals surface area contributed by atoms with Gasteiger partial charge in [0.25, 0.3) is 0 Å². The zero-order valence-electron chi connectivity index (χ0n) is 43.9. The fourth-order valence-electron chi connectivity index (χ4n) is 8.92. The Morgan fingerprint density at radius 3 is 2.04 bits per heavy atom. The van der Waals surface area contributed by atoms with Gasteiger partial charge in [0.05, 0.1) is 16.9 Å². The number of hydrogen-bond donors (Lipinski definition) is 0. The molecule has 9 aromatic rings. The van der Waals surface area contributed by atoms with E-state index in [-0.39, 0.29) is 25.5 Å². The molecule has 0 N–H and O–H groups in total. The van der Waals surface area contributed by atoms with E-state index < -0.39 is 25.1 Å². The van der Waals surface area contributed by atoms with Crippen LogP contribution in [-0.4, -0.2) is 27.8 Å². The quantitative estimate of drug-likeness (QED) is 0.112. The Bertz CT molecular complexity index is 3260. The van der Waals surface area contributed by atoms with Crippen LogP contribution in [0.1, 0.15) is 112 Å². The molecule has 0 aliphatic heterocycles. The molecule has 3 nitrogen and oxygen atoms in total. The van der Waals surface area contributed by atoms with Crippen molar-refractivity contribution in [2.24, 2.45) is 5.41 Å². The van der Waals surface area contributed by atoms with E-state index in [9.17, 15) is 0 Å². The molecular formula is C61H67GeIrN3S-2. The molecule has 0 spiro atoms. The van der Waals surface area contributed by atoms with Crippen LogP contribution in [0.15, 0.2) is 128 Å². The molecule has 0 fully saturated rings. The van der Waals surface area contributed by atoms with E-state index in [0.717, 1.165) is 43.6 Å². The van der Waals surface area contributed by atoms with Gasteiger partial charge in [0.1, 0.15) is 0 Å². The monoisotopic (exact) mass is 1140 g/mol. The normalized spacial score (nSPS) is 12.9.